The van der Waals surface area contributed by atoms with Crippen LogP contribution in [0.5, 0.6) is 0 Å². The van der Waals surface area contributed by atoms with Crippen molar-refractivity contribution >= 4 is 31.7 Å². The average Bonchev–Trinajstić information content (AvgIpc) is 1.97. The van der Waals surface area contributed by atoms with Crippen molar-refractivity contribution in [2.24, 2.45) is 5.92 Å². The highest BCUT2D eigenvalue weighted by Crippen LogP contribution is 2.28. The maximum absolute atomic E-state index is 10.5. The Labute approximate surface area is 80.4 Å². The molecule has 0 aromatic carbocycles. The van der Waals surface area contributed by atoms with Crippen molar-refractivity contribution in [3.05, 3.63) is 9.66 Å². The maximum Gasteiger partial charge on any atom is 0.337 e. The van der Waals surface area contributed by atoms with Crippen molar-refractivity contribution in [2.45, 2.75) is 6.92 Å². The van der Waals surface area contributed by atoms with E-state index in [1.54, 1.807) is 0 Å². The summed E-state index contributed by atoms with van der Waals surface area (Å²) < 4.78 is 20.5. The first-order valence-corrected chi connectivity index (χ1v) is 5.93. The first-order chi connectivity index (χ1) is 5.91. The maximum atomic E-state index is 10.5. The summed E-state index contributed by atoms with van der Waals surface area (Å²) in [4.78, 5) is 20.7. The molecule has 0 amide bonds. The predicted octanol–water partition coefficient (Wildman–Crippen LogP) is 0.873. The topological polar surface area (TPSA) is 109 Å². The molecular weight excluding hydrogens is 295 g/mol. The molecule has 0 fully saturated rings. The molecule has 0 saturated heterocycles. The Morgan fingerprint density at radius 2 is 1.62 bits per heavy atom. The number of hydrogen-bond donors (Lipinski definition) is 2. The zero-order chi connectivity index (χ0) is 10.6. The van der Waals surface area contributed by atoms with Gasteiger partial charge in [0.05, 0.1) is 3.58 Å². The minimum absolute atomic E-state index is 0.524. The number of allylic oxidation sites excluding steroid dienone is 1. The van der Waals surface area contributed by atoms with Gasteiger partial charge in [-0.3, -0.25) is 9.59 Å². The number of rotatable bonds is 4. The second-order valence-corrected chi connectivity index (χ2v) is 4.49. The fraction of sp³-hybridized carbons (Fsp3) is 0.333. The Kier molecular flexibility index (Phi) is 4.52. The molecule has 7 heteroatoms. The van der Waals surface area contributed by atoms with Gasteiger partial charge in [0.25, 0.3) is 0 Å². The summed E-state index contributed by atoms with van der Waals surface area (Å²) in [6.07, 6.45) is 0.998. The lowest BCUT2D eigenvalue weighted by Gasteiger charge is -2.03. The zero-order valence-electron chi connectivity index (χ0n) is 6.56. The molecule has 0 aliphatic carbocycles. The van der Waals surface area contributed by atoms with Crippen LogP contribution in [0.15, 0.2) is 9.66 Å². The minimum Gasteiger partial charge on any atom is -0.480 e. The summed E-state index contributed by atoms with van der Waals surface area (Å²) in [5.74, 6) is -5.31. The van der Waals surface area contributed by atoms with Crippen LogP contribution in [0.1, 0.15) is 6.92 Å². The summed E-state index contributed by atoms with van der Waals surface area (Å²) >= 11 is -4.02. The van der Waals surface area contributed by atoms with Gasteiger partial charge in [-0.1, -0.05) is 6.08 Å². The van der Waals surface area contributed by atoms with Crippen LogP contribution in [0.4, 0.5) is 0 Å². The summed E-state index contributed by atoms with van der Waals surface area (Å²) in [5.41, 5.74) is 0. The third-order valence-electron chi connectivity index (χ3n) is 1.22. The largest absolute Gasteiger partial charge is 0.480 e. The molecule has 6 nitrogen and oxygen atoms in total. The van der Waals surface area contributed by atoms with Gasteiger partial charge < -0.3 is 10.2 Å². The van der Waals surface area contributed by atoms with E-state index in [0.29, 0.717) is 0 Å². The van der Waals surface area contributed by atoms with Crippen LogP contribution in [0.2, 0.25) is 0 Å². The number of carbonyl (C=O) groups is 2. The fourth-order valence-corrected chi connectivity index (χ4v) is 2.24. The summed E-state index contributed by atoms with van der Waals surface area (Å²) in [6, 6.07) is 0. The summed E-state index contributed by atoms with van der Waals surface area (Å²) in [5, 5.41) is 16.8. The molecule has 13 heavy (non-hydrogen) atoms. The van der Waals surface area contributed by atoms with Crippen LogP contribution in [-0.4, -0.2) is 22.2 Å². The molecule has 0 aliphatic rings. The second kappa shape index (κ2) is 4.90. The highest BCUT2D eigenvalue weighted by Gasteiger charge is 2.32. The number of carboxylic acid groups (broad SMARTS) is 2. The third kappa shape index (κ3) is 3.09. The Hall–Kier alpha value is -0.990. The first kappa shape index (κ1) is 12.0. The molecular formula is C6H7IO6. The zero-order valence-corrected chi connectivity index (χ0v) is 8.72. The molecule has 0 aromatic heterocycles. The van der Waals surface area contributed by atoms with Gasteiger partial charge >= 0.3 is 31.7 Å². The van der Waals surface area contributed by atoms with Crippen LogP contribution < -0.4 is 0 Å². The highest BCUT2D eigenvalue weighted by atomic mass is 127. The molecule has 0 heterocycles. The lowest BCUT2D eigenvalue weighted by Crippen LogP contribution is -2.23. The van der Waals surface area contributed by atoms with Crippen LogP contribution >= 0.6 is 19.8 Å². The van der Waals surface area contributed by atoms with E-state index in [1.165, 1.54) is 6.92 Å². The van der Waals surface area contributed by atoms with Crippen LogP contribution in [0, 0.1) is 5.92 Å². The standard InChI is InChI=1S/C6H7IO6/c1-2-3(7(12)13)4(5(8)9)6(10)11/h2,4H,1H3,(H,8,9)(H,10,11)/b3-2-. The molecule has 0 aromatic rings. The Morgan fingerprint density at radius 1 is 1.23 bits per heavy atom. The van der Waals surface area contributed by atoms with Gasteiger partial charge in [0.1, 0.15) is 0 Å². The molecule has 0 unspecified atom stereocenters. The Balaban J connectivity index is 5.17. The lowest BCUT2D eigenvalue weighted by atomic mass is 10.1. The van der Waals surface area contributed by atoms with Crippen LogP contribution in [-0.2, 0) is 15.7 Å². The van der Waals surface area contributed by atoms with Crippen molar-refractivity contribution in [3.8, 4) is 0 Å². The van der Waals surface area contributed by atoms with Crippen LogP contribution in [0.25, 0.3) is 0 Å². The number of halogens is 1. The number of carboxylic acids is 2. The van der Waals surface area contributed by atoms with Crippen molar-refractivity contribution in [2.75, 3.05) is 0 Å². The Bertz CT molecular complexity index is 304. The molecule has 0 atom stereocenters. The van der Waals surface area contributed by atoms with Gasteiger partial charge in [0.2, 0.25) is 0 Å². The molecule has 0 spiro atoms. The SMILES string of the molecule is C/C=C(/C(C(=O)O)C(=O)O)I(=O)=O. The summed E-state index contributed by atoms with van der Waals surface area (Å²) in [6.45, 7) is 1.29. The quantitative estimate of drug-likeness (QED) is 0.589. The minimum atomic E-state index is -4.02. The van der Waals surface area contributed by atoms with E-state index in [2.05, 4.69) is 0 Å². The highest BCUT2D eigenvalue weighted by molar-refractivity contribution is 14.2. The van der Waals surface area contributed by atoms with Gasteiger partial charge in [0, 0.05) is 0 Å². The second-order valence-electron chi connectivity index (χ2n) is 2.00. The van der Waals surface area contributed by atoms with E-state index in [1.807, 2.05) is 0 Å². The monoisotopic (exact) mass is 302 g/mol. The molecule has 0 radical (unpaired) electrons. The molecule has 0 bridgehead atoms. The van der Waals surface area contributed by atoms with Crippen molar-refractivity contribution in [1.82, 2.24) is 0 Å². The normalized spacial score (nSPS) is 12.1. The van der Waals surface area contributed by atoms with Crippen molar-refractivity contribution in [1.29, 1.82) is 0 Å². The van der Waals surface area contributed by atoms with E-state index in [-0.39, 0.29) is 0 Å². The van der Waals surface area contributed by atoms with E-state index >= 15 is 0 Å². The molecule has 0 saturated carbocycles. The smallest absolute Gasteiger partial charge is 0.337 e. The molecule has 0 rings (SSSR count). The molecule has 2 N–H and O–H groups in total. The fourth-order valence-electron chi connectivity index (χ4n) is 0.686. The molecule has 0 aliphatic heterocycles. The van der Waals surface area contributed by atoms with Crippen molar-refractivity contribution in [3.63, 3.8) is 0 Å². The van der Waals surface area contributed by atoms with E-state index in [0.717, 1.165) is 6.08 Å². The number of hydrogen-bond acceptors (Lipinski definition) is 4. The van der Waals surface area contributed by atoms with Gasteiger partial charge in [-0.2, -0.15) is 0 Å². The van der Waals surface area contributed by atoms with Crippen LogP contribution in [0.3, 0.4) is 0 Å². The Morgan fingerprint density at radius 3 is 1.69 bits per heavy atom. The lowest BCUT2D eigenvalue weighted by molar-refractivity contribution is -0.152. The third-order valence-corrected chi connectivity index (χ3v) is 3.49. The van der Waals surface area contributed by atoms with Crippen molar-refractivity contribution < 1.29 is 25.9 Å². The number of aliphatic carboxylic acids is 2. The van der Waals surface area contributed by atoms with Gasteiger partial charge in [-0.15, -0.1) is 0 Å². The van der Waals surface area contributed by atoms with E-state index in [4.69, 9.17) is 10.2 Å². The van der Waals surface area contributed by atoms with E-state index in [9.17, 15) is 15.7 Å². The summed E-state index contributed by atoms with van der Waals surface area (Å²) in [7, 11) is 0. The average molecular weight is 302 g/mol. The van der Waals surface area contributed by atoms with Gasteiger partial charge in [0.15, 0.2) is 5.92 Å². The van der Waals surface area contributed by atoms with E-state index < -0.39 is 41.2 Å². The first-order valence-electron chi connectivity index (χ1n) is 3.09. The predicted molar refractivity (Wildman–Crippen MR) is 47.9 cm³/mol. The van der Waals surface area contributed by atoms with Gasteiger partial charge in [-0.25, -0.2) is 6.14 Å². The van der Waals surface area contributed by atoms with Gasteiger partial charge in [-0.05, 0) is 6.92 Å². The molecule has 74 valence electrons.